The lowest BCUT2D eigenvalue weighted by Gasteiger charge is -1.98. The highest BCUT2D eigenvalue weighted by Gasteiger charge is 2.46. The number of hydrogen-bond donors (Lipinski definition) is 0. The molecule has 1 heterocycles. The van der Waals surface area contributed by atoms with Gasteiger partial charge in [-0.05, 0) is 11.1 Å². The average molecular weight is 132 g/mol. The molecule has 0 radical (unpaired) electrons. The highest BCUT2D eigenvalue weighted by molar-refractivity contribution is 5.38. The van der Waals surface area contributed by atoms with Crippen molar-refractivity contribution in [3.05, 3.63) is 35.4 Å². The second-order valence-electron chi connectivity index (χ2n) is 3.00. The van der Waals surface area contributed by atoms with E-state index < -0.39 is 0 Å². The molecule has 1 aliphatic heterocycles. The van der Waals surface area contributed by atoms with Gasteiger partial charge in [0.25, 0.3) is 0 Å². The lowest BCUT2D eigenvalue weighted by Crippen LogP contribution is -1.86. The van der Waals surface area contributed by atoms with Crippen molar-refractivity contribution in [3.8, 4) is 0 Å². The number of fused-ring (bicyclic) bond motifs is 3. The van der Waals surface area contributed by atoms with Crippen LogP contribution in [0.2, 0.25) is 0 Å². The van der Waals surface area contributed by atoms with E-state index in [1.54, 1.807) is 0 Å². The molecule has 1 fully saturated rings. The third-order valence-electron chi connectivity index (χ3n) is 2.37. The number of benzene rings is 1. The molecule has 2 aliphatic rings. The molecule has 1 aliphatic carbocycles. The Morgan fingerprint density at radius 2 is 2.20 bits per heavy atom. The van der Waals surface area contributed by atoms with Crippen LogP contribution in [0.1, 0.15) is 17.2 Å². The first-order valence-corrected chi connectivity index (χ1v) is 3.68. The molecule has 0 saturated carbocycles. The summed E-state index contributed by atoms with van der Waals surface area (Å²) in [6, 6.07) is 8.56. The number of hydrogen-bond acceptors (Lipinski definition) is 1. The van der Waals surface area contributed by atoms with Crippen molar-refractivity contribution in [2.75, 3.05) is 0 Å². The van der Waals surface area contributed by atoms with E-state index in [9.17, 15) is 0 Å². The third-order valence-corrected chi connectivity index (χ3v) is 2.37. The summed E-state index contributed by atoms with van der Waals surface area (Å²) in [6.45, 7) is 0. The molecule has 3 rings (SSSR count). The van der Waals surface area contributed by atoms with Gasteiger partial charge < -0.3 is 4.74 Å². The first-order chi connectivity index (χ1) is 4.95. The summed E-state index contributed by atoms with van der Waals surface area (Å²) in [5, 5.41) is 0. The van der Waals surface area contributed by atoms with Gasteiger partial charge in [-0.15, -0.1) is 0 Å². The Labute approximate surface area is 59.6 Å². The molecule has 0 N–H and O–H groups in total. The SMILES string of the molecule is c1ccc2c(c1)CC1O[C@H]21. The zero-order valence-corrected chi connectivity index (χ0v) is 5.58. The fraction of sp³-hybridized carbons (Fsp3) is 0.333. The molecule has 1 saturated heterocycles. The molecule has 1 aromatic rings. The summed E-state index contributed by atoms with van der Waals surface area (Å²) < 4.78 is 5.38. The fourth-order valence-electron chi connectivity index (χ4n) is 1.79. The van der Waals surface area contributed by atoms with Crippen molar-refractivity contribution in [2.24, 2.45) is 0 Å². The van der Waals surface area contributed by atoms with E-state index in [0.717, 1.165) is 6.42 Å². The summed E-state index contributed by atoms with van der Waals surface area (Å²) in [5.74, 6) is 0. The van der Waals surface area contributed by atoms with Crippen molar-refractivity contribution in [2.45, 2.75) is 18.6 Å². The minimum Gasteiger partial charge on any atom is -0.364 e. The topological polar surface area (TPSA) is 12.5 Å². The highest BCUT2D eigenvalue weighted by atomic mass is 16.6. The van der Waals surface area contributed by atoms with E-state index in [2.05, 4.69) is 24.3 Å². The second kappa shape index (κ2) is 1.43. The zero-order chi connectivity index (χ0) is 6.55. The second-order valence-corrected chi connectivity index (χ2v) is 3.00. The van der Waals surface area contributed by atoms with Gasteiger partial charge in [0, 0.05) is 6.42 Å². The van der Waals surface area contributed by atoms with Crippen molar-refractivity contribution in [3.63, 3.8) is 0 Å². The molecule has 0 spiro atoms. The van der Waals surface area contributed by atoms with Crippen LogP contribution in [0, 0.1) is 0 Å². The van der Waals surface area contributed by atoms with Gasteiger partial charge in [-0.25, -0.2) is 0 Å². The van der Waals surface area contributed by atoms with Gasteiger partial charge >= 0.3 is 0 Å². The molecule has 1 nitrogen and oxygen atoms in total. The van der Waals surface area contributed by atoms with Crippen LogP contribution in [-0.4, -0.2) is 6.10 Å². The number of rotatable bonds is 0. The lowest BCUT2D eigenvalue weighted by molar-refractivity contribution is 0.361. The summed E-state index contributed by atoms with van der Waals surface area (Å²) in [5.41, 5.74) is 2.91. The largest absolute Gasteiger partial charge is 0.364 e. The Balaban J connectivity index is 2.22. The van der Waals surface area contributed by atoms with Gasteiger partial charge in [-0.3, -0.25) is 0 Å². The summed E-state index contributed by atoms with van der Waals surface area (Å²) in [7, 11) is 0. The van der Waals surface area contributed by atoms with Gasteiger partial charge in [0.05, 0.1) is 6.10 Å². The highest BCUT2D eigenvalue weighted by Crippen LogP contribution is 2.48. The Hall–Kier alpha value is -0.820. The Bertz CT molecular complexity index is 280. The monoisotopic (exact) mass is 132 g/mol. The molecule has 50 valence electrons. The molecule has 0 amide bonds. The minimum absolute atomic E-state index is 0.469. The standard InChI is InChI=1S/C9H8O/c1-2-4-7-6(3-1)5-8-9(7)10-8/h1-4,8-9H,5H2/t8?,9-/m1/s1. The Morgan fingerprint density at radius 3 is 3.10 bits per heavy atom. The third kappa shape index (κ3) is 0.469. The van der Waals surface area contributed by atoms with E-state index in [4.69, 9.17) is 4.74 Å². The van der Waals surface area contributed by atoms with Crippen LogP contribution in [0.15, 0.2) is 24.3 Å². The van der Waals surface area contributed by atoms with Gasteiger partial charge in [0.15, 0.2) is 0 Å². The van der Waals surface area contributed by atoms with Gasteiger partial charge in [-0.1, -0.05) is 24.3 Å². The Kier molecular flexibility index (Phi) is 0.702. The zero-order valence-electron chi connectivity index (χ0n) is 5.58. The van der Waals surface area contributed by atoms with E-state index in [1.807, 2.05) is 0 Å². The van der Waals surface area contributed by atoms with E-state index in [0.29, 0.717) is 12.2 Å². The van der Waals surface area contributed by atoms with Crippen LogP contribution in [0.4, 0.5) is 0 Å². The summed E-state index contributed by atoms with van der Waals surface area (Å²) >= 11 is 0. The molecule has 1 heteroatoms. The average Bonchev–Trinajstić information content (AvgIpc) is 2.64. The molecule has 1 unspecified atom stereocenters. The molecule has 0 bridgehead atoms. The maximum absolute atomic E-state index is 5.38. The van der Waals surface area contributed by atoms with Crippen LogP contribution < -0.4 is 0 Å². The normalized spacial score (nSPS) is 33.2. The number of ether oxygens (including phenoxy) is 1. The smallest absolute Gasteiger partial charge is 0.110 e. The van der Waals surface area contributed by atoms with E-state index in [-0.39, 0.29) is 0 Å². The van der Waals surface area contributed by atoms with Crippen molar-refractivity contribution < 1.29 is 4.74 Å². The molecular formula is C9H8O. The predicted octanol–water partition coefficient (Wildman–Crippen LogP) is 1.68. The first-order valence-electron chi connectivity index (χ1n) is 3.68. The van der Waals surface area contributed by atoms with E-state index in [1.165, 1.54) is 11.1 Å². The van der Waals surface area contributed by atoms with Crippen LogP contribution in [0.25, 0.3) is 0 Å². The first kappa shape index (κ1) is 4.91. The molecule has 10 heavy (non-hydrogen) atoms. The number of epoxide rings is 1. The van der Waals surface area contributed by atoms with Crippen molar-refractivity contribution >= 4 is 0 Å². The minimum atomic E-state index is 0.469. The fourth-order valence-corrected chi connectivity index (χ4v) is 1.79. The Morgan fingerprint density at radius 1 is 1.30 bits per heavy atom. The quantitative estimate of drug-likeness (QED) is 0.489. The maximum Gasteiger partial charge on any atom is 0.110 e. The van der Waals surface area contributed by atoms with E-state index >= 15 is 0 Å². The summed E-state index contributed by atoms with van der Waals surface area (Å²) in [6.07, 6.45) is 2.15. The van der Waals surface area contributed by atoms with Gasteiger partial charge in [0.1, 0.15) is 6.10 Å². The molecule has 1 aromatic carbocycles. The van der Waals surface area contributed by atoms with Crippen LogP contribution in [0.3, 0.4) is 0 Å². The van der Waals surface area contributed by atoms with Gasteiger partial charge in [0.2, 0.25) is 0 Å². The van der Waals surface area contributed by atoms with Gasteiger partial charge in [-0.2, -0.15) is 0 Å². The van der Waals surface area contributed by atoms with Crippen LogP contribution in [-0.2, 0) is 11.2 Å². The van der Waals surface area contributed by atoms with Crippen molar-refractivity contribution in [1.82, 2.24) is 0 Å². The lowest BCUT2D eigenvalue weighted by atomic mass is 10.1. The van der Waals surface area contributed by atoms with Crippen LogP contribution in [0.5, 0.6) is 0 Å². The molecule has 0 aromatic heterocycles. The van der Waals surface area contributed by atoms with Crippen LogP contribution >= 0.6 is 0 Å². The maximum atomic E-state index is 5.38. The predicted molar refractivity (Wildman–Crippen MR) is 37.8 cm³/mol. The molecular weight excluding hydrogens is 124 g/mol. The summed E-state index contributed by atoms with van der Waals surface area (Å²) in [4.78, 5) is 0. The molecule has 2 atom stereocenters. The van der Waals surface area contributed by atoms with Crippen molar-refractivity contribution in [1.29, 1.82) is 0 Å².